The summed E-state index contributed by atoms with van der Waals surface area (Å²) in [6.45, 7) is 1.79. The summed E-state index contributed by atoms with van der Waals surface area (Å²) < 4.78 is 5.07. The highest BCUT2D eigenvalue weighted by Gasteiger charge is 2.39. The number of aromatic hydroxyl groups is 1. The van der Waals surface area contributed by atoms with E-state index in [0.29, 0.717) is 6.29 Å². The van der Waals surface area contributed by atoms with E-state index in [1.807, 2.05) is 0 Å². The molecular weight excluding hydrogens is 262 g/mol. The van der Waals surface area contributed by atoms with E-state index in [1.54, 1.807) is 19.1 Å². The van der Waals surface area contributed by atoms with Gasteiger partial charge >= 0.3 is 0 Å². The van der Waals surface area contributed by atoms with Gasteiger partial charge < -0.3 is 20.3 Å². The summed E-state index contributed by atoms with van der Waals surface area (Å²) in [6, 6.07) is 5.97. The number of ether oxygens (including phenoxy) is 1. The molecule has 2 rings (SSSR count). The number of rotatable bonds is 5. The molecule has 0 aromatic heterocycles. The minimum absolute atomic E-state index is 0.0470. The predicted molar refractivity (Wildman–Crippen MR) is 70.1 cm³/mol. The van der Waals surface area contributed by atoms with Gasteiger partial charge in [-0.25, -0.2) is 0 Å². The van der Waals surface area contributed by atoms with Crippen LogP contribution >= 0.6 is 0 Å². The summed E-state index contributed by atoms with van der Waals surface area (Å²) in [5.41, 5.74) is -0.0285. The van der Waals surface area contributed by atoms with Crippen LogP contribution in [0.5, 0.6) is 5.75 Å². The first-order valence-corrected chi connectivity index (χ1v) is 6.13. The van der Waals surface area contributed by atoms with Crippen LogP contribution in [0, 0.1) is 0 Å². The van der Waals surface area contributed by atoms with Crippen molar-refractivity contribution in [3.05, 3.63) is 41.6 Å². The summed E-state index contributed by atoms with van der Waals surface area (Å²) in [5, 5.41) is 21.6. The first kappa shape index (κ1) is 14.2. The van der Waals surface area contributed by atoms with Crippen LogP contribution in [0.25, 0.3) is 0 Å². The van der Waals surface area contributed by atoms with Crippen molar-refractivity contribution >= 4 is 12.2 Å². The monoisotopic (exact) mass is 277 g/mol. The SMILES string of the molecule is CC1OC1C(O)/C=C(\C=O)NC(=O)c1ccccc1O. The number of phenols is 1. The zero-order chi connectivity index (χ0) is 14.7. The van der Waals surface area contributed by atoms with Crippen molar-refractivity contribution in [3.8, 4) is 5.75 Å². The van der Waals surface area contributed by atoms with Crippen LogP contribution in [0.15, 0.2) is 36.0 Å². The lowest BCUT2D eigenvalue weighted by Gasteiger charge is -2.08. The van der Waals surface area contributed by atoms with Gasteiger partial charge in [-0.05, 0) is 25.1 Å². The lowest BCUT2D eigenvalue weighted by Crippen LogP contribution is -2.26. The third-order valence-corrected chi connectivity index (χ3v) is 2.98. The molecule has 1 saturated heterocycles. The Morgan fingerprint density at radius 1 is 1.45 bits per heavy atom. The standard InChI is InChI=1S/C14H15NO5/c1-8-13(20-8)12(18)6-9(7-16)15-14(19)10-4-2-3-5-11(10)17/h2-8,12-13,17-18H,1H3,(H,15,19)/b9-6+. The van der Waals surface area contributed by atoms with Crippen molar-refractivity contribution in [2.75, 3.05) is 0 Å². The third kappa shape index (κ3) is 3.23. The van der Waals surface area contributed by atoms with Crippen molar-refractivity contribution in [2.45, 2.75) is 25.2 Å². The van der Waals surface area contributed by atoms with Gasteiger partial charge in [-0.2, -0.15) is 0 Å². The number of aldehydes is 1. The largest absolute Gasteiger partial charge is 0.507 e. The molecule has 6 heteroatoms. The second-order valence-electron chi connectivity index (χ2n) is 4.51. The van der Waals surface area contributed by atoms with Crippen molar-refractivity contribution < 1.29 is 24.5 Å². The molecule has 6 nitrogen and oxygen atoms in total. The molecule has 1 aromatic carbocycles. The van der Waals surface area contributed by atoms with Gasteiger partial charge in [-0.1, -0.05) is 12.1 Å². The molecule has 0 spiro atoms. The average Bonchev–Trinajstić information content (AvgIpc) is 3.15. The number of para-hydroxylation sites is 1. The first-order chi connectivity index (χ1) is 9.52. The Balaban J connectivity index is 2.06. The van der Waals surface area contributed by atoms with Gasteiger partial charge in [0.2, 0.25) is 0 Å². The Kier molecular flexibility index (Phi) is 4.16. The number of phenolic OH excluding ortho intramolecular Hbond substituents is 1. The Morgan fingerprint density at radius 3 is 2.65 bits per heavy atom. The van der Waals surface area contributed by atoms with E-state index < -0.39 is 12.0 Å². The summed E-state index contributed by atoms with van der Waals surface area (Å²) >= 11 is 0. The topological polar surface area (TPSA) is 99.2 Å². The molecule has 1 heterocycles. The minimum atomic E-state index is -0.963. The molecule has 1 amide bonds. The molecule has 3 N–H and O–H groups in total. The highest BCUT2D eigenvalue weighted by Crippen LogP contribution is 2.25. The van der Waals surface area contributed by atoms with Crippen LogP contribution in [0.1, 0.15) is 17.3 Å². The molecule has 20 heavy (non-hydrogen) atoms. The number of carbonyl (C=O) groups is 2. The third-order valence-electron chi connectivity index (χ3n) is 2.98. The zero-order valence-corrected chi connectivity index (χ0v) is 10.8. The average molecular weight is 277 g/mol. The van der Waals surface area contributed by atoms with Gasteiger partial charge in [0.25, 0.3) is 5.91 Å². The van der Waals surface area contributed by atoms with Gasteiger partial charge in [0.1, 0.15) is 18.0 Å². The number of amides is 1. The Morgan fingerprint density at radius 2 is 2.10 bits per heavy atom. The molecule has 1 aliphatic heterocycles. The van der Waals surface area contributed by atoms with E-state index in [-0.39, 0.29) is 29.2 Å². The lowest BCUT2D eigenvalue weighted by atomic mass is 10.1. The number of allylic oxidation sites excluding steroid dienone is 1. The summed E-state index contributed by atoms with van der Waals surface area (Å²) in [5.74, 6) is -0.812. The molecule has 106 valence electrons. The summed E-state index contributed by atoms with van der Waals surface area (Å²) in [7, 11) is 0. The van der Waals surface area contributed by atoms with E-state index in [9.17, 15) is 19.8 Å². The van der Waals surface area contributed by atoms with Gasteiger partial charge in [-0.3, -0.25) is 9.59 Å². The molecule has 1 fully saturated rings. The molecule has 3 atom stereocenters. The number of carbonyl (C=O) groups excluding carboxylic acids is 2. The predicted octanol–water partition coefficient (Wildman–Crippen LogP) is 0.353. The van der Waals surface area contributed by atoms with Crippen molar-refractivity contribution in [1.82, 2.24) is 5.32 Å². The zero-order valence-electron chi connectivity index (χ0n) is 10.8. The maximum atomic E-state index is 11.9. The number of epoxide rings is 1. The Hall–Kier alpha value is -2.18. The van der Waals surface area contributed by atoms with E-state index in [2.05, 4.69) is 5.32 Å². The number of aliphatic hydroxyl groups excluding tert-OH is 1. The number of aliphatic hydroxyl groups is 1. The normalized spacial score (nSPS) is 23.0. The summed E-state index contributed by atoms with van der Waals surface area (Å²) in [4.78, 5) is 22.8. The molecule has 3 unspecified atom stereocenters. The van der Waals surface area contributed by atoms with Gasteiger partial charge in [0.05, 0.1) is 17.4 Å². The first-order valence-electron chi connectivity index (χ1n) is 6.13. The maximum Gasteiger partial charge on any atom is 0.259 e. The molecule has 0 saturated carbocycles. The van der Waals surface area contributed by atoms with Gasteiger partial charge in [-0.15, -0.1) is 0 Å². The lowest BCUT2D eigenvalue weighted by molar-refractivity contribution is -0.105. The van der Waals surface area contributed by atoms with Crippen LogP contribution < -0.4 is 5.32 Å². The number of benzene rings is 1. The second kappa shape index (κ2) is 5.85. The van der Waals surface area contributed by atoms with Crippen molar-refractivity contribution in [2.24, 2.45) is 0 Å². The number of hydrogen-bond acceptors (Lipinski definition) is 5. The Bertz CT molecular complexity index is 554. The van der Waals surface area contributed by atoms with Crippen LogP contribution in [0.4, 0.5) is 0 Å². The van der Waals surface area contributed by atoms with Crippen LogP contribution in [0.3, 0.4) is 0 Å². The molecule has 0 radical (unpaired) electrons. The highest BCUT2D eigenvalue weighted by atomic mass is 16.6. The quantitative estimate of drug-likeness (QED) is 0.410. The van der Waals surface area contributed by atoms with E-state index in [1.165, 1.54) is 18.2 Å². The fourth-order valence-electron chi connectivity index (χ4n) is 1.81. The van der Waals surface area contributed by atoms with E-state index >= 15 is 0 Å². The second-order valence-corrected chi connectivity index (χ2v) is 4.51. The van der Waals surface area contributed by atoms with Gasteiger partial charge in [0, 0.05) is 0 Å². The van der Waals surface area contributed by atoms with Crippen LogP contribution in [-0.4, -0.2) is 40.7 Å². The Labute approximate surface area is 115 Å². The molecule has 0 aliphatic carbocycles. The fraction of sp³-hybridized carbons (Fsp3) is 0.286. The van der Waals surface area contributed by atoms with Gasteiger partial charge in [0.15, 0.2) is 6.29 Å². The highest BCUT2D eigenvalue weighted by molar-refractivity contribution is 6.00. The van der Waals surface area contributed by atoms with Crippen LogP contribution in [-0.2, 0) is 9.53 Å². The molecular formula is C14H15NO5. The fourth-order valence-corrected chi connectivity index (χ4v) is 1.81. The smallest absolute Gasteiger partial charge is 0.259 e. The number of hydrogen-bond donors (Lipinski definition) is 3. The summed E-state index contributed by atoms with van der Waals surface area (Å²) in [6.07, 6.45) is 0.262. The molecule has 1 aromatic rings. The maximum absolute atomic E-state index is 11.9. The molecule has 1 aliphatic rings. The van der Waals surface area contributed by atoms with Crippen molar-refractivity contribution in [1.29, 1.82) is 0 Å². The minimum Gasteiger partial charge on any atom is -0.507 e. The molecule has 0 bridgehead atoms. The van der Waals surface area contributed by atoms with Crippen molar-refractivity contribution in [3.63, 3.8) is 0 Å². The van der Waals surface area contributed by atoms with Crippen LogP contribution in [0.2, 0.25) is 0 Å². The van der Waals surface area contributed by atoms with E-state index in [0.717, 1.165) is 0 Å². The number of nitrogens with one attached hydrogen (secondary N) is 1. The van der Waals surface area contributed by atoms with E-state index in [4.69, 9.17) is 4.74 Å².